The van der Waals surface area contributed by atoms with E-state index in [-0.39, 0.29) is 12.4 Å². The van der Waals surface area contributed by atoms with E-state index >= 15 is 0 Å². The highest BCUT2D eigenvalue weighted by Crippen LogP contribution is 2.32. The zero-order valence-corrected chi connectivity index (χ0v) is 7.44. The third-order valence-corrected chi connectivity index (χ3v) is 2.99. The SMILES string of the molecule is Cl.OCC1CC2CCC1NC2. The van der Waals surface area contributed by atoms with Crippen molar-refractivity contribution in [2.75, 3.05) is 13.2 Å². The van der Waals surface area contributed by atoms with E-state index < -0.39 is 0 Å². The molecule has 11 heavy (non-hydrogen) atoms. The quantitative estimate of drug-likeness (QED) is 0.621. The molecular formula is C8H16ClNO. The molecule has 2 nitrogen and oxygen atoms in total. The van der Waals surface area contributed by atoms with Gasteiger partial charge in [0.2, 0.25) is 0 Å². The topological polar surface area (TPSA) is 32.3 Å². The minimum atomic E-state index is 0. The molecule has 0 spiro atoms. The van der Waals surface area contributed by atoms with Gasteiger partial charge < -0.3 is 10.4 Å². The summed E-state index contributed by atoms with van der Waals surface area (Å²) < 4.78 is 0. The average Bonchev–Trinajstić information content (AvgIpc) is 2.06. The maximum Gasteiger partial charge on any atom is 0.0474 e. The van der Waals surface area contributed by atoms with Gasteiger partial charge in [-0.3, -0.25) is 0 Å². The van der Waals surface area contributed by atoms with E-state index in [1.54, 1.807) is 0 Å². The Morgan fingerprint density at radius 3 is 2.45 bits per heavy atom. The third kappa shape index (κ3) is 1.68. The Balaban J connectivity index is 0.000000605. The Labute approximate surface area is 73.8 Å². The van der Waals surface area contributed by atoms with Crippen LogP contribution in [0.5, 0.6) is 0 Å². The fraction of sp³-hybridized carbons (Fsp3) is 1.00. The molecule has 2 heterocycles. The monoisotopic (exact) mass is 177 g/mol. The van der Waals surface area contributed by atoms with Gasteiger partial charge in [0.05, 0.1) is 0 Å². The Bertz CT molecular complexity index is 123. The molecule has 1 aliphatic carbocycles. The highest BCUT2D eigenvalue weighted by Gasteiger charge is 2.34. The van der Waals surface area contributed by atoms with E-state index in [1.807, 2.05) is 0 Å². The van der Waals surface area contributed by atoms with E-state index in [4.69, 9.17) is 5.11 Å². The largest absolute Gasteiger partial charge is 0.396 e. The van der Waals surface area contributed by atoms with Crippen molar-refractivity contribution in [3.63, 3.8) is 0 Å². The highest BCUT2D eigenvalue weighted by atomic mass is 35.5. The van der Waals surface area contributed by atoms with Gasteiger partial charge in [-0.25, -0.2) is 0 Å². The number of fused-ring (bicyclic) bond motifs is 3. The number of aliphatic hydroxyl groups is 1. The summed E-state index contributed by atoms with van der Waals surface area (Å²) in [5.74, 6) is 1.43. The van der Waals surface area contributed by atoms with Gasteiger partial charge >= 0.3 is 0 Å². The van der Waals surface area contributed by atoms with E-state index in [0.717, 1.165) is 5.92 Å². The highest BCUT2D eigenvalue weighted by molar-refractivity contribution is 5.85. The van der Waals surface area contributed by atoms with Crippen LogP contribution in [0, 0.1) is 11.8 Å². The lowest BCUT2D eigenvalue weighted by atomic mass is 9.74. The van der Waals surface area contributed by atoms with E-state index in [9.17, 15) is 0 Å². The molecular weight excluding hydrogens is 162 g/mol. The first-order chi connectivity index (χ1) is 4.90. The van der Waals surface area contributed by atoms with Crippen LogP contribution in [-0.2, 0) is 0 Å². The number of aliphatic hydroxyl groups excluding tert-OH is 1. The van der Waals surface area contributed by atoms with Crippen LogP contribution in [0.15, 0.2) is 0 Å². The average molecular weight is 178 g/mol. The first kappa shape index (κ1) is 9.30. The summed E-state index contributed by atoms with van der Waals surface area (Å²) in [4.78, 5) is 0. The molecule has 0 radical (unpaired) electrons. The summed E-state index contributed by atoms with van der Waals surface area (Å²) in [7, 11) is 0. The Kier molecular flexibility index (Phi) is 3.16. The molecule has 2 bridgehead atoms. The molecule has 3 rings (SSSR count). The van der Waals surface area contributed by atoms with E-state index in [0.29, 0.717) is 18.6 Å². The van der Waals surface area contributed by atoms with Crippen LogP contribution in [0.3, 0.4) is 0 Å². The standard InChI is InChI=1S/C8H15NO.ClH/c10-5-7-3-6-1-2-8(7)9-4-6;/h6-10H,1-5H2;1H. The van der Waals surface area contributed by atoms with Crippen molar-refractivity contribution in [1.29, 1.82) is 0 Å². The maximum atomic E-state index is 8.97. The van der Waals surface area contributed by atoms with Crippen molar-refractivity contribution in [2.24, 2.45) is 11.8 Å². The molecule has 0 aromatic heterocycles. The molecule has 66 valence electrons. The Morgan fingerprint density at radius 2 is 2.18 bits per heavy atom. The van der Waals surface area contributed by atoms with Crippen LogP contribution in [-0.4, -0.2) is 24.3 Å². The lowest BCUT2D eigenvalue weighted by molar-refractivity contribution is 0.0845. The van der Waals surface area contributed by atoms with Crippen LogP contribution >= 0.6 is 12.4 Å². The summed E-state index contributed by atoms with van der Waals surface area (Å²) in [5, 5.41) is 12.4. The second kappa shape index (κ2) is 3.74. The lowest BCUT2D eigenvalue weighted by Crippen LogP contribution is -2.51. The fourth-order valence-corrected chi connectivity index (χ4v) is 2.34. The molecule has 0 aromatic carbocycles. The van der Waals surface area contributed by atoms with Crippen molar-refractivity contribution in [1.82, 2.24) is 5.32 Å². The van der Waals surface area contributed by atoms with E-state index in [1.165, 1.54) is 25.8 Å². The third-order valence-electron chi connectivity index (χ3n) is 2.99. The number of piperidine rings is 2. The molecule has 2 saturated heterocycles. The molecule has 3 fully saturated rings. The number of hydrogen-bond acceptors (Lipinski definition) is 2. The molecule has 1 saturated carbocycles. The Hall–Kier alpha value is 0.210. The van der Waals surface area contributed by atoms with Crippen molar-refractivity contribution >= 4 is 12.4 Å². The number of hydrogen-bond donors (Lipinski definition) is 2. The number of halogens is 1. The lowest BCUT2D eigenvalue weighted by Gasteiger charge is -2.42. The zero-order chi connectivity index (χ0) is 6.97. The maximum absolute atomic E-state index is 8.97. The van der Waals surface area contributed by atoms with Crippen LogP contribution in [0.1, 0.15) is 19.3 Å². The predicted molar refractivity (Wildman–Crippen MR) is 47.0 cm³/mol. The van der Waals surface area contributed by atoms with Gasteiger partial charge in [0.15, 0.2) is 0 Å². The molecule has 0 aromatic rings. The number of rotatable bonds is 1. The van der Waals surface area contributed by atoms with Crippen LogP contribution in [0.25, 0.3) is 0 Å². The smallest absolute Gasteiger partial charge is 0.0474 e. The number of nitrogens with one attached hydrogen (secondary N) is 1. The minimum absolute atomic E-state index is 0. The summed E-state index contributed by atoms with van der Waals surface area (Å²) in [5.41, 5.74) is 0. The van der Waals surface area contributed by atoms with Gasteiger partial charge in [-0.2, -0.15) is 0 Å². The fourth-order valence-electron chi connectivity index (χ4n) is 2.34. The summed E-state index contributed by atoms with van der Waals surface area (Å²) in [6.45, 7) is 1.58. The van der Waals surface area contributed by atoms with Crippen molar-refractivity contribution in [2.45, 2.75) is 25.3 Å². The summed E-state index contributed by atoms with van der Waals surface area (Å²) >= 11 is 0. The Morgan fingerprint density at radius 1 is 1.36 bits per heavy atom. The first-order valence-corrected chi connectivity index (χ1v) is 4.24. The van der Waals surface area contributed by atoms with E-state index in [2.05, 4.69) is 5.32 Å². The van der Waals surface area contributed by atoms with Crippen LogP contribution < -0.4 is 5.32 Å². The second-order valence-corrected chi connectivity index (χ2v) is 3.64. The van der Waals surface area contributed by atoms with Gasteiger partial charge in [-0.05, 0) is 37.6 Å². The van der Waals surface area contributed by atoms with Gasteiger partial charge in [0.25, 0.3) is 0 Å². The van der Waals surface area contributed by atoms with Gasteiger partial charge in [-0.1, -0.05) is 0 Å². The van der Waals surface area contributed by atoms with Gasteiger partial charge in [0, 0.05) is 12.6 Å². The summed E-state index contributed by atoms with van der Waals surface area (Å²) in [6.07, 6.45) is 3.93. The first-order valence-electron chi connectivity index (χ1n) is 4.24. The molecule has 2 aliphatic heterocycles. The normalized spacial score (nSPS) is 41.7. The predicted octanol–water partition coefficient (Wildman–Crippen LogP) is 0.789. The molecule has 3 unspecified atom stereocenters. The van der Waals surface area contributed by atoms with Crippen molar-refractivity contribution in [3.8, 4) is 0 Å². The summed E-state index contributed by atoms with van der Waals surface area (Å²) in [6, 6.07) is 0.634. The molecule has 3 atom stereocenters. The molecule has 0 amide bonds. The minimum Gasteiger partial charge on any atom is -0.396 e. The van der Waals surface area contributed by atoms with Crippen molar-refractivity contribution < 1.29 is 5.11 Å². The van der Waals surface area contributed by atoms with Gasteiger partial charge in [-0.15, -0.1) is 12.4 Å². The second-order valence-electron chi connectivity index (χ2n) is 3.64. The van der Waals surface area contributed by atoms with Crippen molar-refractivity contribution in [3.05, 3.63) is 0 Å². The molecule has 3 aliphatic rings. The molecule has 2 N–H and O–H groups in total. The van der Waals surface area contributed by atoms with Crippen LogP contribution in [0.4, 0.5) is 0 Å². The van der Waals surface area contributed by atoms with Gasteiger partial charge in [0.1, 0.15) is 0 Å². The van der Waals surface area contributed by atoms with Crippen LogP contribution in [0.2, 0.25) is 0 Å². The zero-order valence-electron chi connectivity index (χ0n) is 6.62. The molecule has 3 heteroatoms.